The van der Waals surface area contributed by atoms with Gasteiger partial charge in [0.15, 0.2) is 0 Å². The van der Waals surface area contributed by atoms with E-state index in [1.54, 1.807) is 30.3 Å². The highest BCUT2D eigenvalue weighted by Gasteiger charge is 2.06. The number of hydrogen-bond acceptors (Lipinski definition) is 4. The van der Waals surface area contributed by atoms with E-state index in [2.05, 4.69) is 5.32 Å². The standard InChI is InChI=1S/C14H15FN2.C6H10N2O/c1-4-10(2)7-14(17-3)11-5-6-12(9-16)13(15)8-11;7-6-2-1-3-8(4-6)5-9/h4-8,17H,1-3H3;4-5H,1-3,7H2/b10-4-,14-7-;. The molecule has 0 radical (unpaired) electrons. The Morgan fingerprint density at radius 2 is 2.19 bits per heavy atom. The van der Waals surface area contributed by atoms with Gasteiger partial charge < -0.3 is 16.0 Å². The molecule has 0 bridgehead atoms. The van der Waals surface area contributed by atoms with Crippen molar-refractivity contribution >= 4 is 12.1 Å². The Morgan fingerprint density at radius 3 is 2.65 bits per heavy atom. The quantitative estimate of drug-likeness (QED) is 0.641. The zero-order valence-corrected chi connectivity index (χ0v) is 15.4. The van der Waals surface area contributed by atoms with Gasteiger partial charge in [0, 0.05) is 36.7 Å². The number of benzene rings is 1. The Labute approximate surface area is 154 Å². The van der Waals surface area contributed by atoms with Crippen LogP contribution in [0.15, 0.2) is 47.8 Å². The van der Waals surface area contributed by atoms with E-state index < -0.39 is 5.82 Å². The lowest BCUT2D eigenvalue weighted by Gasteiger charge is -2.18. The third-order valence-corrected chi connectivity index (χ3v) is 3.85. The van der Waals surface area contributed by atoms with Crippen molar-refractivity contribution in [1.82, 2.24) is 10.2 Å². The van der Waals surface area contributed by atoms with Gasteiger partial charge in [-0.25, -0.2) is 4.39 Å². The molecule has 0 fully saturated rings. The Bertz CT molecular complexity index is 760. The van der Waals surface area contributed by atoms with Crippen molar-refractivity contribution in [2.24, 2.45) is 5.73 Å². The molecular formula is C20H25FN4O. The van der Waals surface area contributed by atoms with Crippen LogP contribution in [0.25, 0.3) is 5.70 Å². The van der Waals surface area contributed by atoms with Gasteiger partial charge in [0.25, 0.3) is 0 Å². The molecule has 1 aromatic carbocycles. The zero-order valence-electron chi connectivity index (χ0n) is 15.4. The number of hydrogen-bond donors (Lipinski definition) is 2. The van der Waals surface area contributed by atoms with Gasteiger partial charge in [-0.1, -0.05) is 17.7 Å². The summed E-state index contributed by atoms with van der Waals surface area (Å²) in [7, 11) is 1.78. The van der Waals surface area contributed by atoms with E-state index in [1.165, 1.54) is 12.1 Å². The average molecular weight is 356 g/mol. The van der Waals surface area contributed by atoms with Gasteiger partial charge in [-0.3, -0.25) is 4.79 Å². The van der Waals surface area contributed by atoms with Crippen LogP contribution in [0.5, 0.6) is 0 Å². The van der Waals surface area contributed by atoms with Crippen molar-refractivity contribution in [2.45, 2.75) is 26.7 Å². The number of carbonyl (C=O) groups excluding carboxylic acids is 1. The Hall–Kier alpha value is -3.07. The second-order valence-corrected chi connectivity index (χ2v) is 5.80. The molecule has 1 aliphatic heterocycles. The number of nitrogens with two attached hydrogens (primary N) is 1. The maximum absolute atomic E-state index is 13.5. The van der Waals surface area contributed by atoms with Gasteiger partial charge in [-0.15, -0.1) is 0 Å². The van der Waals surface area contributed by atoms with E-state index in [1.807, 2.05) is 26.0 Å². The number of halogens is 1. The highest BCUT2D eigenvalue weighted by molar-refractivity contribution is 5.67. The van der Waals surface area contributed by atoms with E-state index in [0.717, 1.165) is 48.3 Å². The van der Waals surface area contributed by atoms with Gasteiger partial charge in [-0.05, 0) is 44.9 Å². The van der Waals surface area contributed by atoms with Crippen LogP contribution in [0.2, 0.25) is 0 Å². The predicted molar refractivity (Wildman–Crippen MR) is 102 cm³/mol. The molecule has 3 N–H and O–H groups in total. The molecule has 1 aromatic rings. The summed E-state index contributed by atoms with van der Waals surface area (Å²) in [5.74, 6) is -0.496. The molecule has 0 aliphatic carbocycles. The molecule has 0 saturated carbocycles. The molecule has 5 nitrogen and oxygen atoms in total. The van der Waals surface area contributed by atoms with Crippen molar-refractivity contribution in [3.8, 4) is 6.07 Å². The summed E-state index contributed by atoms with van der Waals surface area (Å²) in [4.78, 5) is 11.7. The molecule has 1 aliphatic rings. The Kier molecular flexibility index (Phi) is 8.65. The van der Waals surface area contributed by atoms with Crippen LogP contribution in [0.1, 0.15) is 37.8 Å². The summed E-state index contributed by atoms with van der Waals surface area (Å²) in [6.07, 6.45) is 8.30. The topological polar surface area (TPSA) is 82.2 Å². The number of nitrogens with zero attached hydrogens (tertiary/aromatic N) is 2. The highest BCUT2D eigenvalue weighted by Crippen LogP contribution is 2.17. The fraction of sp³-hybridized carbons (Fsp3) is 0.300. The Balaban J connectivity index is 0.000000314. The normalized spacial score (nSPS) is 14.6. The molecular weight excluding hydrogens is 331 g/mol. The molecule has 0 unspecified atom stereocenters. The maximum Gasteiger partial charge on any atom is 0.213 e. The van der Waals surface area contributed by atoms with Crippen LogP contribution in [-0.2, 0) is 4.79 Å². The lowest BCUT2D eigenvalue weighted by molar-refractivity contribution is -0.116. The molecule has 2 rings (SSSR count). The van der Waals surface area contributed by atoms with E-state index in [4.69, 9.17) is 11.0 Å². The van der Waals surface area contributed by atoms with Crippen molar-refractivity contribution in [3.63, 3.8) is 0 Å². The van der Waals surface area contributed by atoms with Crippen molar-refractivity contribution in [2.75, 3.05) is 13.6 Å². The molecule has 0 aromatic heterocycles. The first kappa shape index (κ1) is 21.0. The molecule has 1 amide bonds. The molecule has 0 atom stereocenters. The molecule has 1 heterocycles. The van der Waals surface area contributed by atoms with Gasteiger partial charge in [0.1, 0.15) is 11.9 Å². The fourth-order valence-corrected chi connectivity index (χ4v) is 2.28. The summed E-state index contributed by atoms with van der Waals surface area (Å²) < 4.78 is 13.5. The van der Waals surface area contributed by atoms with Crippen LogP contribution in [-0.4, -0.2) is 24.9 Å². The van der Waals surface area contributed by atoms with Crippen LogP contribution in [0.3, 0.4) is 0 Å². The maximum atomic E-state index is 13.5. The molecule has 0 saturated heterocycles. The number of nitriles is 1. The van der Waals surface area contributed by atoms with Crippen LogP contribution in [0.4, 0.5) is 4.39 Å². The summed E-state index contributed by atoms with van der Waals surface area (Å²) in [6.45, 7) is 4.72. The summed E-state index contributed by atoms with van der Waals surface area (Å²) in [5, 5.41) is 11.7. The van der Waals surface area contributed by atoms with Crippen molar-refractivity contribution < 1.29 is 9.18 Å². The summed E-state index contributed by atoms with van der Waals surface area (Å²) in [6, 6.07) is 6.39. The number of rotatable bonds is 4. The summed E-state index contributed by atoms with van der Waals surface area (Å²) >= 11 is 0. The first-order valence-electron chi connectivity index (χ1n) is 8.34. The number of nitrogens with one attached hydrogen (secondary N) is 1. The second-order valence-electron chi connectivity index (χ2n) is 5.80. The predicted octanol–water partition coefficient (Wildman–Crippen LogP) is 3.26. The van der Waals surface area contributed by atoms with Crippen LogP contribution in [0, 0.1) is 17.1 Å². The van der Waals surface area contributed by atoms with Gasteiger partial charge in [0.2, 0.25) is 6.41 Å². The highest BCUT2D eigenvalue weighted by atomic mass is 19.1. The van der Waals surface area contributed by atoms with E-state index in [0.29, 0.717) is 0 Å². The van der Waals surface area contributed by atoms with E-state index >= 15 is 0 Å². The van der Waals surface area contributed by atoms with Crippen LogP contribution >= 0.6 is 0 Å². The van der Waals surface area contributed by atoms with Gasteiger partial charge >= 0.3 is 0 Å². The monoisotopic (exact) mass is 356 g/mol. The van der Waals surface area contributed by atoms with Gasteiger partial charge in [-0.2, -0.15) is 5.26 Å². The minimum Gasteiger partial charge on any atom is -0.401 e. The third-order valence-electron chi connectivity index (χ3n) is 3.85. The summed E-state index contributed by atoms with van der Waals surface area (Å²) in [5.41, 5.74) is 8.96. The molecule has 6 heteroatoms. The van der Waals surface area contributed by atoms with Crippen molar-refractivity contribution in [3.05, 3.63) is 64.8 Å². The first-order valence-corrected chi connectivity index (χ1v) is 8.34. The Morgan fingerprint density at radius 1 is 1.46 bits per heavy atom. The molecule has 0 spiro atoms. The average Bonchev–Trinajstić information content (AvgIpc) is 2.66. The van der Waals surface area contributed by atoms with Crippen LogP contribution < -0.4 is 11.1 Å². The molecule has 26 heavy (non-hydrogen) atoms. The number of amides is 1. The lowest BCUT2D eigenvalue weighted by atomic mass is 10.1. The molecule has 138 valence electrons. The SMILES string of the molecule is C/C=C(C)\C=C(/NC)c1ccc(C#N)c(F)c1.NC1=CN(C=O)CCC1. The zero-order chi connectivity index (χ0) is 19.5. The largest absolute Gasteiger partial charge is 0.401 e. The second kappa shape index (κ2) is 10.7. The smallest absolute Gasteiger partial charge is 0.213 e. The third kappa shape index (κ3) is 6.44. The number of allylic oxidation sites excluding steroid dienone is 4. The van der Waals surface area contributed by atoms with E-state index in [-0.39, 0.29) is 5.56 Å². The number of carbonyl (C=O) groups is 1. The van der Waals surface area contributed by atoms with Gasteiger partial charge in [0.05, 0.1) is 5.56 Å². The minimum absolute atomic E-state index is 0.0620. The van der Waals surface area contributed by atoms with E-state index in [9.17, 15) is 9.18 Å². The minimum atomic E-state index is -0.496. The fourth-order valence-electron chi connectivity index (χ4n) is 2.28. The lowest BCUT2D eigenvalue weighted by Crippen LogP contribution is -2.23. The first-order chi connectivity index (χ1) is 12.4. The van der Waals surface area contributed by atoms with Crippen molar-refractivity contribution in [1.29, 1.82) is 5.26 Å².